The van der Waals surface area contributed by atoms with Crippen LogP contribution >= 0.6 is 0 Å². The SMILES string of the molecule is O=C1NC(=O)c2cc3c(cc21)OCC31CCNCC1. The minimum absolute atomic E-state index is 0.0154. The highest BCUT2D eigenvalue weighted by Gasteiger charge is 2.43. The number of benzene rings is 1. The maximum atomic E-state index is 11.8. The highest BCUT2D eigenvalue weighted by Crippen LogP contribution is 2.45. The Hall–Kier alpha value is -1.88. The summed E-state index contributed by atoms with van der Waals surface area (Å²) in [6.07, 6.45) is 2.02. The minimum Gasteiger partial charge on any atom is -0.492 e. The van der Waals surface area contributed by atoms with Gasteiger partial charge in [-0.1, -0.05) is 0 Å². The molecule has 0 saturated carbocycles. The zero-order valence-corrected chi connectivity index (χ0v) is 10.4. The van der Waals surface area contributed by atoms with Crippen molar-refractivity contribution < 1.29 is 14.3 Å². The number of imide groups is 1. The van der Waals surface area contributed by atoms with Gasteiger partial charge in [-0.05, 0) is 38.1 Å². The normalized spacial score (nSPS) is 22.9. The molecule has 2 N–H and O–H groups in total. The number of fused-ring (bicyclic) bond motifs is 3. The molecule has 98 valence electrons. The third-order valence-electron chi connectivity index (χ3n) is 4.47. The van der Waals surface area contributed by atoms with E-state index < -0.39 is 0 Å². The van der Waals surface area contributed by atoms with Gasteiger partial charge in [0.25, 0.3) is 11.8 Å². The summed E-state index contributed by atoms with van der Waals surface area (Å²) in [5.41, 5.74) is 2.04. The number of hydrogen-bond acceptors (Lipinski definition) is 4. The molecule has 1 fully saturated rings. The molecule has 0 unspecified atom stereocenters. The van der Waals surface area contributed by atoms with Crippen LogP contribution in [0, 0.1) is 0 Å². The van der Waals surface area contributed by atoms with Gasteiger partial charge in [-0.3, -0.25) is 14.9 Å². The number of rotatable bonds is 0. The predicted octanol–water partition coefficient (Wildman–Crippen LogP) is 0.584. The van der Waals surface area contributed by atoms with E-state index in [2.05, 4.69) is 10.6 Å². The number of nitrogens with one attached hydrogen (secondary N) is 2. The first-order chi connectivity index (χ1) is 9.20. The highest BCUT2D eigenvalue weighted by atomic mass is 16.5. The van der Waals surface area contributed by atoms with Gasteiger partial charge in [-0.2, -0.15) is 0 Å². The van der Waals surface area contributed by atoms with Gasteiger partial charge >= 0.3 is 0 Å². The van der Waals surface area contributed by atoms with E-state index in [1.807, 2.05) is 6.07 Å². The van der Waals surface area contributed by atoms with Gasteiger partial charge in [0, 0.05) is 11.0 Å². The van der Waals surface area contributed by atoms with Crippen LogP contribution in [-0.2, 0) is 5.41 Å². The summed E-state index contributed by atoms with van der Waals surface area (Å²) in [4.78, 5) is 23.4. The van der Waals surface area contributed by atoms with Gasteiger partial charge in [0.15, 0.2) is 0 Å². The Morgan fingerprint density at radius 3 is 2.47 bits per heavy atom. The molecular weight excluding hydrogens is 244 g/mol. The van der Waals surface area contributed by atoms with Gasteiger partial charge in [0.1, 0.15) is 5.75 Å². The molecule has 4 rings (SSSR count). The third kappa shape index (κ3) is 1.39. The first kappa shape index (κ1) is 11.0. The molecule has 0 radical (unpaired) electrons. The van der Waals surface area contributed by atoms with Crippen LogP contribution in [-0.4, -0.2) is 31.5 Å². The van der Waals surface area contributed by atoms with Gasteiger partial charge < -0.3 is 10.1 Å². The van der Waals surface area contributed by atoms with Crippen LogP contribution in [0.25, 0.3) is 0 Å². The fourth-order valence-corrected chi connectivity index (χ4v) is 3.34. The third-order valence-corrected chi connectivity index (χ3v) is 4.47. The second-order valence-electron chi connectivity index (χ2n) is 5.50. The second kappa shape index (κ2) is 3.57. The van der Waals surface area contributed by atoms with Crippen molar-refractivity contribution in [1.82, 2.24) is 10.6 Å². The van der Waals surface area contributed by atoms with Crippen molar-refractivity contribution in [2.45, 2.75) is 18.3 Å². The fraction of sp³-hybridized carbons (Fsp3) is 0.429. The molecular formula is C14H14N2O3. The Morgan fingerprint density at radius 2 is 1.74 bits per heavy atom. The van der Waals surface area contributed by atoms with E-state index in [1.165, 1.54) is 0 Å². The molecule has 0 bridgehead atoms. The number of ether oxygens (including phenoxy) is 1. The van der Waals surface area contributed by atoms with Gasteiger partial charge in [-0.25, -0.2) is 0 Å². The average Bonchev–Trinajstić information content (AvgIpc) is 2.90. The molecule has 3 aliphatic heterocycles. The smallest absolute Gasteiger partial charge is 0.259 e. The van der Waals surface area contributed by atoms with Gasteiger partial charge in [0.2, 0.25) is 0 Å². The number of carbonyl (C=O) groups is 2. The van der Waals surface area contributed by atoms with Crippen LogP contribution in [0.15, 0.2) is 12.1 Å². The molecule has 1 aromatic rings. The molecule has 2 amide bonds. The first-order valence-corrected chi connectivity index (χ1v) is 6.57. The summed E-state index contributed by atoms with van der Waals surface area (Å²) < 4.78 is 5.78. The molecule has 5 heteroatoms. The molecule has 1 aromatic carbocycles. The summed E-state index contributed by atoms with van der Waals surface area (Å²) in [6.45, 7) is 2.58. The van der Waals surface area contributed by atoms with Crippen LogP contribution in [0.4, 0.5) is 0 Å². The molecule has 3 aliphatic rings. The lowest BCUT2D eigenvalue weighted by atomic mass is 9.74. The quantitative estimate of drug-likeness (QED) is 0.668. The molecule has 0 atom stereocenters. The lowest BCUT2D eigenvalue weighted by molar-refractivity contribution is 0.0879. The van der Waals surface area contributed by atoms with Crippen molar-refractivity contribution in [3.8, 4) is 5.75 Å². The Labute approximate surface area is 110 Å². The Kier molecular flexibility index (Phi) is 2.07. The van der Waals surface area contributed by atoms with Crippen molar-refractivity contribution in [3.05, 3.63) is 28.8 Å². The summed E-state index contributed by atoms with van der Waals surface area (Å²) in [5, 5.41) is 5.68. The first-order valence-electron chi connectivity index (χ1n) is 6.57. The zero-order chi connectivity index (χ0) is 13.0. The van der Waals surface area contributed by atoms with Crippen LogP contribution in [0.3, 0.4) is 0 Å². The Morgan fingerprint density at radius 1 is 1.05 bits per heavy atom. The fourth-order valence-electron chi connectivity index (χ4n) is 3.34. The molecule has 0 aromatic heterocycles. The van der Waals surface area contributed by atoms with E-state index in [4.69, 9.17) is 4.74 Å². The maximum absolute atomic E-state index is 11.8. The predicted molar refractivity (Wildman–Crippen MR) is 67.5 cm³/mol. The molecule has 3 heterocycles. The Balaban J connectivity index is 1.87. The molecule has 0 aliphatic carbocycles. The lowest BCUT2D eigenvalue weighted by Gasteiger charge is -2.32. The Bertz CT molecular complexity index is 603. The lowest BCUT2D eigenvalue weighted by Crippen LogP contribution is -2.41. The van der Waals surface area contributed by atoms with E-state index in [9.17, 15) is 9.59 Å². The van der Waals surface area contributed by atoms with E-state index >= 15 is 0 Å². The molecule has 1 saturated heterocycles. The molecule has 5 nitrogen and oxygen atoms in total. The van der Waals surface area contributed by atoms with E-state index in [0.29, 0.717) is 17.7 Å². The van der Waals surface area contributed by atoms with Crippen molar-refractivity contribution in [3.63, 3.8) is 0 Å². The molecule has 19 heavy (non-hydrogen) atoms. The standard InChI is InChI=1S/C14H14N2O3/c17-12-8-5-10-11(6-9(8)13(18)16-12)19-7-14(10)1-3-15-4-2-14/h5-6,15H,1-4,7H2,(H,16,17,18). The van der Waals surface area contributed by atoms with Crippen molar-refractivity contribution in [1.29, 1.82) is 0 Å². The highest BCUT2D eigenvalue weighted by molar-refractivity contribution is 6.21. The molecule has 1 spiro atoms. The number of amides is 2. The van der Waals surface area contributed by atoms with Crippen LogP contribution < -0.4 is 15.4 Å². The number of hydrogen-bond donors (Lipinski definition) is 2. The topological polar surface area (TPSA) is 67.4 Å². The zero-order valence-electron chi connectivity index (χ0n) is 10.4. The van der Waals surface area contributed by atoms with Crippen LogP contribution in [0.2, 0.25) is 0 Å². The van der Waals surface area contributed by atoms with Crippen LogP contribution in [0.1, 0.15) is 39.1 Å². The summed E-state index contributed by atoms with van der Waals surface area (Å²) in [5.74, 6) is 0.155. The van der Waals surface area contributed by atoms with Gasteiger partial charge in [0.05, 0.1) is 17.7 Å². The summed E-state index contributed by atoms with van der Waals surface area (Å²) in [6, 6.07) is 3.59. The largest absolute Gasteiger partial charge is 0.492 e. The van der Waals surface area contributed by atoms with Crippen molar-refractivity contribution >= 4 is 11.8 Å². The van der Waals surface area contributed by atoms with Crippen molar-refractivity contribution in [2.24, 2.45) is 0 Å². The number of carbonyl (C=O) groups excluding carboxylic acids is 2. The van der Waals surface area contributed by atoms with Gasteiger partial charge in [-0.15, -0.1) is 0 Å². The van der Waals surface area contributed by atoms with E-state index in [0.717, 1.165) is 37.2 Å². The van der Waals surface area contributed by atoms with E-state index in [1.54, 1.807) is 6.07 Å². The van der Waals surface area contributed by atoms with Crippen LogP contribution in [0.5, 0.6) is 5.75 Å². The average molecular weight is 258 g/mol. The second-order valence-corrected chi connectivity index (χ2v) is 5.50. The monoisotopic (exact) mass is 258 g/mol. The summed E-state index contributed by atoms with van der Waals surface area (Å²) >= 11 is 0. The maximum Gasteiger partial charge on any atom is 0.259 e. The summed E-state index contributed by atoms with van der Waals surface area (Å²) in [7, 11) is 0. The number of piperidine rings is 1. The minimum atomic E-state index is -0.322. The van der Waals surface area contributed by atoms with E-state index in [-0.39, 0.29) is 17.2 Å². The van der Waals surface area contributed by atoms with Crippen molar-refractivity contribution in [2.75, 3.05) is 19.7 Å².